The van der Waals surface area contributed by atoms with Crippen LogP contribution in [-0.4, -0.2) is 23.2 Å². The lowest BCUT2D eigenvalue weighted by atomic mass is 10.1. The summed E-state index contributed by atoms with van der Waals surface area (Å²) in [5.74, 6) is -0.265. The number of rotatable bonds is 3. The molecule has 2 N–H and O–H groups in total. The van der Waals surface area contributed by atoms with Gasteiger partial charge in [0, 0.05) is 0 Å². The van der Waals surface area contributed by atoms with Gasteiger partial charge in [-0.1, -0.05) is 6.58 Å². The molecule has 0 unspecified atom stereocenters. The molecule has 3 heteroatoms. The Balaban J connectivity index is 3.87. The maximum atomic E-state index is 10.6. The third-order valence-electron chi connectivity index (χ3n) is 1.04. The van der Waals surface area contributed by atoms with Gasteiger partial charge < -0.3 is 10.4 Å². The van der Waals surface area contributed by atoms with Crippen LogP contribution in [0, 0.1) is 0 Å². The van der Waals surface area contributed by atoms with Crippen molar-refractivity contribution >= 4 is 5.91 Å². The highest BCUT2D eigenvalue weighted by molar-refractivity contribution is 5.87. The molecule has 0 saturated carbocycles. The van der Waals surface area contributed by atoms with Gasteiger partial charge in [-0.15, -0.1) is 0 Å². The van der Waals surface area contributed by atoms with Crippen LogP contribution in [0.1, 0.15) is 13.8 Å². The van der Waals surface area contributed by atoms with Crippen molar-refractivity contribution in [3.8, 4) is 0 Å². The fraction of sp³-hybridized carbons (Fsp3) is 0.571. The minimum absolute atomic E-state index is 0.0768. The first-order chi connectivity index (χ1) is 4.52. The fourth-order valence-electron chi connectivity index (χ4n) is 0.424. The van der Waals surface area contributed by atoms with Crippen LogP contribution in [0.5, 0.6) is 0 Å². The standard InChI is InChI=1S/C7H13NO2/c1-4-6(10)8-7(2,3)5-9/h4,9H,1,5H2,2-3H3,(H,8,10). The Morgan fingerprint density at radius 3 is 2.60 bits per heavy atom. The molecule has 0 spiro atoms. The molecule has 0 radical (unpaired) electrons. The predicted molar refractivity (Wildman–Crippen MR) is 39.5 cm³/mol. The Kier molecular flexibility index (Phi) is 3.09. The van der Waals surface area contributed by atoms with Crippen molar-refractivity contribution in [2.75, 3.05) is 6.61 Å². The van der Waals surface area contributed by atoms with E-state index >= 15 is 0 Å². The van der Waals surface area contributed by atoms with E-state index in [4.69, 9.17) is 5.11 Å². The zero-order valence-electron chi connectivity index (χ0n) is 6.35. The van der Waals surface area contributed by atoms with Gasteiger partial charge in [-0.2, -0.15) is 0 Å². The van der Waals surface area contributed by atoms with Crippen molar-refractivity contribution in [1.82, 2.24) is 5.32 Å². The van der Waals surface area contributed by atoms with Crippen molar-refractivity contribution in [3.05, 3.63) is 12.7 Å². The number of carbonyl (C=O) groups excluding carboxylic acids is 1. The smallest absolute Gasteiger partial charge is 0.243 e. The third-order valence-corrected chi connectivity index (χ3v) is 1.04. The summed E-state index contributed by atoms with van der Waals surface area (Å²) in [6.45, 7) is 6.67. The maximum absolute atomic E-state index is 10.6. The lowest BCUT2D eigenvalue weighted by molar-refractivity contribution is -0.118. The van der Waals surface area contributed by atoms with E-state index in [0.29, 0.717) is 0 Å². The minimum atomic E-state index is -0.550. The van der Waals surface area contributed by atoms with Gasteiger partial charge in [0.05, 0.1) is 12.1 Å². The summed E-state index contributed by atoms with van der Waals surface area (Å²) in [7, 11) is 0. The van der Waals surface area contributed by atoms with E-state index in [1.165, 1.54) is 6.08 Å². The number of nitrogens with one attached hydrogen (secondary N) is 1. The highest BCUT2D eigenvalue weighted by Gasteiger charge is 2.16. The lowest BCUT2D eigenvalue weighted by Crippen LogP contribution is -2.45. The number of hydrogen-bond donors (Lipinski definition) is 2. The van der Waals surface area contributed by atoms with Crippen molar-refractivity contribution < 1.29 is 9.90 Å². The molecule has 0 aromatic carbocycles. The van der Waals surface area contributed by atoms with Gasteiger partial charge in [0.25, 0.3) is 0 Å². The largest absolute Gasteiger partial charge is 0.394 e. The number of aliphatic hydroxyl groups is 1. The van der Waals surface area contributed by atoms with E-state index in [0.717, 1.165) is 0 Å². The summed E-state index contributed by atoms with van der Waals surface area (Å²) in [6, 6.07) is 0. The molecule has 0 aliphatic rings. The molecular weight excluding hydrogens is 130 g/mol. The van der Waals surface area contributed by atoms with Gasteiger partial charge in [0.2, 0.25) is 5.91 Å². The number of aliphatic hydroxyl groups excluding tert-OH is 1. The Labute approximate surface area is 60.7 Å². The van der Waals surface area contributed by atoms with Gasteiger partial charge >= 0.3 is 0 Å². The molecule has 0 aliphatic heterocycles. The topological polar surface area (TPSA) is 49.3 Å². The van der Waals surface area contributed by atoms with Crippen molar-refractivity contribution in [3.63, 3.8) is 0 Å². The molecule has 0 bridgehead atoms. The van der Waals surface area contributed by atoms with Crippen LogP contribution in [0.2, 0.25) is 0 Å². The van der Waals surface area contributed by atoms with Gasteiger partial charge in [-0.25, -0.2) is 0 Å². The monoisotopic (exact) mass is 143 g/mol. The molecule has 58 valence electrons. The minimum Gasteiger partial charge on any atom is -0.394 e. The fourth-order valence-corrected chi connectivity index (χ4v) is 0.424. The Bertz CT molecular complexity index is 141. The molecule has 0 saturated heterocycles. The average molecular weight is 143 g/mol. The first-order valence-corrected chi connectivity index (χ1v) is 3.07. The van der Waals surface area contributed by atoms with E-state index in [-0.39, 0.29) is 12.5 Å². The molecule has 0 rings (SSSR count). The second kappa shape index (κ2) is 3.37. The Morgan fingerprint density at radius 1 is 1.80 bits per heavy atom. The van der Waals surface area contributed by atoms with Crippen LogP contribution in [0.4, 0.5) is 0 Å². The van der Waals surface area contributed by atoms with Crippen LogP contribution in [0.15, 0.2) is 12.7 Å². The van der Waals surface area contributed by atoms with E-state index < -0.39 is 5.54 Å². The lowest BCUT2D eigenvalue weighted by Gasteiger charge is -2.22. The van der Waals surface area contributed by atoms with Crippen LogP contribution in [-0.2, 0) is 4.79 Å². The SMILES string of the molecule is C=CC(=O)NC(C)(C)CO. The first-order valence-electron chi connectivity index (χ1n) is 3.07. The average Bonchev–Trinajstić information content (AvgIpc) is 1.87. The molecule has 1 amide bonds. The van der Waals surface area contributed by atoms with Crippen molar-refractivity contribution in [1.29, 1.82) is 0 Å². The summed E-state index contributed by atoms with van der Waals surface area (Å²) >= 11 is 0. The molecule has 0 aliphatic carbocycles. The van der Waals surface area contributed by atoms with E-state index in [2.05, 4.69) is 11.9 Å². The number of hydrogen-bond acceptors (Lipinski definition) is 2. The third kappa shape index (κ3) is 3.25. The molecule has 3 nitrogen and oxygen atoms in total. The zero-order valence-corrected chi connectivity index (χ0v) is 6.35. The van der Waals surface area contributed by atoms with Gasteiger partial charge in [0.15, 0.2) is 0 Å². The second-order valence-corrected chi connectivity index (χ2v) is 2.74. The van der Waals surface area contributed by atoms with Crippen molar-refractivity contribution in [2.24, 2.45) is 0 Å². The van der Waals surface area contributed by atoms with Gasteiger partial charge in [0.1, 0.15) is 0 Å². The molecule has 0 aromatic rings. The zero-order chi connectivity index (χ0) is 8.20. The number of amides is 1. The van der Waals surface area contributed by atoms with Crippen LogP contribution >= 0.6 is 0 Å². The normalized spacial score (nSPS) is 10.7. The summed E-state index contributed by atoms with van der Waals surface area (Å²) < 4.78 is 0. The van der Waals surface area contributed by atoms with Gasteiger partial charge in [-0.05, 0) is 19.9 Å². The summed E-state index contributed by atoms with van der Waals surface area (Å²) in [5.41, 5.74) is -0.550. The van der Waals surface area contributed by atoms with Gasteiger partial charge in [-0.3, -0.25) is 4.79 Å². The Morgan fingerprint density at radius 2 is 2.30 bits per heavy atom. The van der Waals surface area contributed by atoms with Crippen LogP contribution < -0.4 is 5.32 Å². The molecule has 10 heavy (non-hydrogen) atoms. The quantitative estimate of drug-likeness (QED) is 0.549. The molecule has 0 atom stereocenters. The van der Waals surface area contributed by atoms with E-state index in [1.807, 2.05) is 0 Å². The summed E-state index contributed by atoms with van der Waals surface area (Å²) in [6.07, 6.45) is 1.18. The molecule has 0 heterocycles. The molecular formula is C7H13NO2. The van der Waals surface area contributed by atoms with E-state index in [9.17, 15) is 4.79 Å². The van der Waals surface area contributed by atoms with E-state index in [1.54, 1.807) is 13.8 Å². The van der Waals surface area contributed by atoms with Crippen LogP contribution in [0.25, 0.3) is 0 Å². The maximum Gasteiger partial charge on any atom is 0.243 e. The van der Waals surface area contributed by atoms with Crippen molar-refractivity contribution in [2.45, 2.75) is 19.4 Å². The van der Waals surface area contributed by atoms with Crippen LogP contribution in [0.3, 0.4) is 0 Å². The molecule has 0 aromatic heterocycles. The Hall–Kier alpha value is -0.830. The molecule has 0 fully saturated rings. The predicted octanol–water partition coefficient (Wildman–Crippen LogP) is 0.0595. The number of carbonyl (C=O) groups is 1. The second-order valence-electron chi connectivity index (χ2n) is 2.74. The first kappa shape index (κ1) is 9.17. The summed E-state index contributed by atoms with van der Waals surface area (Å²) in [4.78, 5) is 10.6. The highest BCUT2D eigenvalue weighted by Crippen LogP contribution is 1.98. The summed E-state index contributed by atoms with van der Waals surface area (Å²) in [5, 5.41) is 11.2. The highest BCUT2D eigenvalue weighted by atomic mass is 16.3.